The van der Waals surface area contributed by atoms with E-state index in [4.69, 9.17) is 16.6 Å². The maximum Gasteiger partial charge on any atom is 0.270 e. The number of carbonyl (C=O) groups excluding carboxylic acids is 2. The van der Waals surface area contributed by atoms with E-state index in [1.54, 1.807) is 19.0 Å². The minimum Gasteiger partial charge on any atom is -0.347 e. The third-order valence-corrected chi connectivity index (χ3v) is 6.68. The minimum absolute atomic E-state index is 0.101. The van der Waals surface area contributed by atoms with Crippen LogP contribution in [0.5, 0.6) is 0 Å². The zero-order valence-corrected chi connectivity index (χ0v) is 18.8. The SMILES string of the molecule is CN(C(=O)c1cnn(C)c1C(=O)N[C@@H]1CCn2c(nc(-c3ccccc3)c2Cl)C1)C1CC1. The molecule has 0 saturated heterocycles. The number of aryl methyl sites for hydroxylation is 1. The third-order valence-electron chi connectivity index (χ3n) is 6.30. The molecule has 1 aromatic carbocycles. The molecule has 166 valence electrons. The van der Waals surface area contributed by atoms with Gasteiger partial charge in [0, 0.05) is 44.7 Å². The van der Waals surface area contributed by atoms with Crippen LogP contribution in [0.25, 0.3) is 11.3 Å². The summed E-state index contributed by atoms with van der Waals surface area (Å²) in [4.78, 5) is 32.5. The summed E-state index contributed by atoms with van der Waals surface area (Å²) in [7, 11) is 3.46. The number of nitrogens with zero attached hydrogens (tertiary/aromatic N) is 5. The van der Waals surface area contributed by atoms with E-state index in [1.165, 1.54) is 10.9 Å². The number of benzene rings is 1. The molecule has 1 N–H and O–H groups in total. The van der Waals surface area contributed by atoms with E-state index in [9.17, 15) is 9.59 Å². The number of rotatable bonds is 5. The average molecular weight is 453 g/mol. The van der Waals surface area contributed by atoms with Crippen molar-refractivity contribution in [3.63, 3.8) is 0 Å². The van der Waals surface area contributed by atoms with Crippen LogP contribution in [0.2, 0.25) is 5.15 Å². The van der Waals surface area contributed by atoms with Gasteiger partial charge in [0.25, 0.3) is 11.8 Å². The summed E-state index contributed by atoms with van der Waals surface area (Å²) < 4.78 is 3.48. The first kappa shape index (κ1) is 20.8. The van der Waals surface area contributed by atoms with Crippen LogP contribution >= 0.6 is 11.6 Å². The fraction of sp³-hybridized carbons (Fsp3) is 0.391. The molecule has 0 radical (unpaired) electrons. The topological polar surface area (TPSA) is 85.0 Å². The number of hydrogen-bond acceptors (Lipinski definition) is 4. The van der Waals surface area contributed by atoms with Crippen molar-refractivity contribution in [2.45, 2.75) is 44.3 Å². The minimum atomic E-state index is -0.295. The molecule has 9 heteroatoms. The van der Waals surface area contributed by atoms with Crippen molar-refractivity contribution >= 4 is 23.4 Å². The van der Waals surface area contributed by atoms with Crippen LogP contribution in [0.3, 0.4) is 0 Å². The highest BCUT2D eigenvalue weighted by Gasteiger charge is 2.34. The first-order valence-electron chi connectivity index (χ1n) is 10.8. The molecule has 5 rings (SSSR count). The standard InChI is InChI=1S/C23H25ClN6O2/c1-28(16-8-9-16)23(32)17-13-25-29(2)20(17)22(31)26-15-10-11-30-18(12-15)27-19(21(30)24)14-6-4-3-5-7-14/h3-7,13,15-16H,8-12H2,1-2H3,(H,26,31)/t15-/m1/s1. The molecular formula is C23H25ClN6O2. The molecule has 3 aromatic rings. The van der Waals surface area contributed by atoms with Crippen LogP contribution < -0.4 is 5.32 Å². The highest BCUT2D eigenvalue weighted by molar-refractivity contribution is 6.32. The number of fused-ring (bicyclic) bond motifs is 1. The lowest BCUT2D eigenvalue weighted by atomic mass is 10.1. The van der Waals surface area contributed by atoms with E-state index in [2.05, 4.69) is 10.4 Å². The lowest BCUT2D eigenvalue weighted by molar-refractivity contribution is 0.0775. The van der Waals surface area contributed by atoms with Crippen LogP contribution in [-0.4, -0.2) is 55.2 Å². The van der Waals surface area contributed by atoms with Gasteiger partial charge in [-0.2, -0.15) is 5.10 Å². The summed E-state index contributed by atoms with van der Waals surface area (Å²) >= 11 is 6.61. The lowest BCUT2D eigenvalue weighted by Gasteiger charge is -2.25. The smallest absolute Gasteiger partial charge is 0.270 e. The van der Waals surface area contributed by atoms with Crippen LogP contribution in [0.15, 0.2) is 36.5 Å². The van der Waals surface area contributed by atoms with Crippen molar-refractivity contribution in [3.8, 4) is 11.3 Å². The molecular weight excluding hydrogens is 428 g/mol. The molecule has 1 saturated carbocycles. The van der Waals surface area contributed by atoms with Gasteiger partial charge in [0.1, 0.15) is 22.4 Å². The second-order valence-electron chi connectivity index (χ2n) is 8.53. The van der Waals surface area contributed by atoms with Gasteiger partial charge in [-0.05, 0) is 19.3 Å². The Morgan fingerprint density at radius 1 is 1.19 bits per heavy atom. The van der Waals surface area contributed by atoms with Gasteiger partial charge >= 0.3 is 0 Å². The van der Waals surface area contributed by atoms with Gasteiger partial charge in [-0.3, -0.25) is 14.3 Å². The quantitative estimate of drug-likeness (QED) is 0.645. The fourth-order valence-corrected chi connectivity index (χ4v) is 4.64. The summed E-state index contributed by atoms with van der Waals surface area (Å²) in [5.41, 5.74) is 2.36. The second kappa shape index (κ2) is 8.09. The number of aromatic nitrogens is 4. The van der Waals surface area contributed by atoms with Gasteiger partial charge < -0.3 is 14.8 Å². The Kier molecular flexibility index (Phi) is 5.25. The van der Waals surface area contributed by atoms with E-state index >= 15 is 0 Å². The summed E-state index contributed by atoms with van der Waals surface area (Å²) in [6.45, 7) is 0.667. The van der Waals surface area contributed by atoms with Crippen LogP contribution in [0.1, 0.15) is 45.9 Å². The molecule has 1 atom stereocenters. The second-order valence-corrected chi connectivity index (χ2v) is 8.88. The molecule has 1 fully saturated rings. The Morgan fingerprint density at radius 3 is 2.66 bits per heavy atom. The van der Waals surface area contributed by atoms with Crippen molar-refractivity contribution < 1.29 is 9.59 Å². The lowest BCUT2D eigenvalue weighted by Crippen LogP contribution is -2.42. The number of amides is 2. The van der Waals surface area contributed by atoms with E-state index in [-0.39, 0.29) is 23.9 Å². The molecule has 8 nitrogen and oxygen atoms in total. The maximum absolute atomic E-state index is 13.1. The highest BCUT2D eigenvalue weighted by Crippen LogP contribution is 2.31. The van der Waals surface area contributed by atoms with E-state index in [0.29, 0.717) is 29.4 Å². The summed E-state index contributed by atoms with van der Waals surface area (Å²) in [5.74, 6) is 0.390. The summed E-state index contributed by atoms with van der Waals surface area (Å²) in [5, 5.41) is 7.88. The Labute approximate surface area is 191 Å². The normalized spacial score (nSPS) is 17.7. The Morgan fingerprint density at radius 2 is 1.94 bits per heavy atom. The Hall–Kier alpha value is -3.13. The maximum atomic E-state index is 13.1. The molecule has 0 unspecified atom stereocenters. The number of nitrogens with one attached hydrogen (secondary N) is 1. The first-order valence-corrected chi connectivity index (χ1v) is 11.2. The summed E-state index contributed by atoms with van der Waals surface area (Å²) in [6.07, 6.45) is 4.79. The van der Waals surface area contributed by atoms with Crippen molar-refractivity contribution in [1.82, 2.24) is 29.5 Å². The Bertz CT molecular complexity index is 1180. The van der Waals surface area contributed by atoms with Gasteiger partial charge in [0.05, 0.1) is 11.8 Å². The molecule has 1 aliphatic carbocycles. The van der Waals surface area contributed by atoms with Gasteiger partial charge in [0.2, 0.25) is 0 Å². The van der Waals surface area contributed by atoms with E-state index in [1.807, 2.05) is 34.9 Å². The number of imidazole rings is 1. The van der Waals surface area contributed by atoms with Crippen molar-refractivity contribution in [3.05, 3.63) is 58.8 Å². The molecule has 0 bridgehead atoms. The molecule has 2 aromatic heterocycles. The number of halogens is 1. The van der Waals surface area contributed by atoms with Crippen LogP contribution in [0.4, 0.5) is 0 Å². The zero-order valence-electron chi connectivity index (χ0n) is 18.1. The third kappa shape index (κ3) is 3.68. The predicted molar refractivity (Wildman–Crippen MR) is 121 cm³/mol. The molecule has 32 heavy (non-hydrogen) atoms. The van der Waals surface area contributed by atoms with E-state index < -0.39 is 0 Å². The number of carbonyl (C=O) groups is 2. The molecule has 2 amide bonds. The van der Waals surface area contributed by atoms with Gasteiger partial charge in [-0.25, -0.2) is 4.98 Å². The molecule has 3 heterocycles. The Balaban J connectivity index is 1.33. The van der Waals surface area contributed by atoms with Crippen molar-refractivity contribution in [1.29, 1.82) is 0 Å². The molecule has 2 aliphatic rings. The van der Waals surface area contributed by atoms with Gasteiger partial charge in [-0.15, -0.1) is 0 Å². The average Bonchev–Trinajstić information content (AvgIpc) is 3.50. The predicted octanol–water partition coefficient (Wildman–Crippen LogP) is 2.92. The van der Waals surface area contributed by atoms with Crippen molar-refractivity contribution in [2.75, 3.05) is 7.05 Å². The largest absolute Gasteiger partial charge is 0.347 e. The van der Waals surface area contributed by atoms with Gasteiger partial charge in [0.15, 0.2) is 0 Å². The molecule has 1 aliphatic heterocycles. The fourth-order valence-electron chi connectivity index (χ4n) is 4.30. The first-order chi connectivity index (χ1) is 15.4. The van der Waals surface area contributed by atoms with Crippen LogP contribution in [-0.2, 0) is 20.0 Å². The molecule has 0 spiro atoms. The van der Waals surface area contributed by atoms with Crippen molar-refractivity contribution in [2.24, 2.45) is 7.05 Å². The zero-order chi connectivity index (χ0) is 22.4. The van der Waals surface area contributed by atoms with Gasteiger partial charge in [-0.1, -0.05) is 41.9 Å². The monoisotopic (exact) mass is 452 g/mol. The highest BCUT2D eigenvalue weighted by atomic mass is 35.5. The summed E-state index contributed by atoms with van der Waals surface area (Å²) in [6, 6.07) is 10.0. The van der Waals surface area contributed by atoms with Crippen LogP contribution in [0, 0.1) is 0 Å². The number of hydrogen-bond donors (Lipinski definition) is 1. The van der Waals surface area contributed by atoms with E-state index in [0.717, 1.165) is 36.3 Å².